The molecule has 1 amide bonds. The third-order valence-corrected chi connectivity index (χ3v) is 3.59. The molecule has 23 heavy (non-hydrogen) atoms. The highest BCUT2D eigenvalue weighted by atomic mass is 16.5. The van der Waals surface area contributed by atoms with E-state index < -0.39 is 0 Å². The average molecular weight is 312 g/mol. The Labute approximate surface area is 137 Å². The number of anilines is 1. The van der Waals surface area contributed by atoms with Crippen molar-refractivity contribution in [2.24, 2.45) is 5.92 Å². The topological polar surface area (TPSA) is 50.4 Å². The van der Waals surface area contributed by atoms with Crippen LogP contribution in [0.5, 0.6) is 5.75 Å². The monoisotopic (exact) mass is 312 g/mol. The number of hydrogen-bond acceptors (Lipinski definition) is 3. The van der Waals surface area contributed by atoms with Gasteiger partial charge < -0.3 is 15.4 Å². The Hall–Kier alpha value is -2.33. The van der Waals surface area contributed by atoms with E-state index in [1.807, 2.05) is 69.4 Å². The van der Waals surface area contributed by atoms with Crippen LogP contribution in [-0.4, -0.2) is 19.5 Å². The van der Waals surface area contributed by atoms with E-state index in [2.05, 4.69) is 10.6 Å². The molecule has 0 heterocycles. The molecule has 2 aromatic carbocycles. The van der Waals surface area contributed by atoms with E-state index in [0.29, 0.717) is 24.6 Å². The predicted octanol–water partition coefficient (Wildman–Crippen LogP) is 3.37. The van der Waals surface area contributed by atoms with E-state index in [1.54, 1.807) is 0 Å². The summed E-state index contributed by atoms with van der Waals surface area (Å²) in [7, 11) is 1.84. The lowest BCUT2D eigenvalue weighted by Gasteiger charge is -2.16. The minimum Gasteiger partial charge on any atom is -0.487 e. The summed E-state index contributed by atoms with van der Waals surface area (Å²) >= 11 is 0. The quantitative estimate of drug-likeness (QED) is 0.824. The van der Waals surface area contributed by atoms with Gasteiger partial charge in [-0.2, -0.15) is 0 Å². The van der Waals surface area contributed by atoms with Crippen LogP contribution in [0, 0.1) is 12.8 Å². The molecule has 0 saturated heterocycles. The molecule has 0 aromatic heterocycles. The van der Waals surface area contributed by atoms with Gasteiger partial charge in [-0.05, 0) is 37.2 Å². The number of aryl methyl sites for hydroxylation is 1. The summed E-state index contributed by atoms with van der Waals surface area (Å²) in [5, 5.41) is 5.97. The number of carbonyl (C=O) groups is 1. The van der Waals surface area contributed by atoms with Crippen LogP contribution in [0.15, 0.2) is 48.5 Å². The van der Waals surface area contributed by atoms with Crippen molar-refractivity contribution in [3.63, 3.8) is 0 Å². The molecule has 0 radical (unpaired) electrons. The number of rotatable bonds is 7. The zero-order valence-corrected chi connectivity index (χ0v) is 13.9. The van der Waals surface area contributed by atoms with E-state index in [9.17, 15) is 4.79 Å². The lowest BCUT2D eigenvalue weighted by Crippen LogP contribution is -2.28. The number of ether oxygens (including phenoxy) is 1. The summed E-state index contributed by atoms with van der Waals surface area (Å²) < 4.78 is 5.91. The van der Waals surface area contributed by atoms with Gasteiger partial charge in [0, 0.05) is 12.5 Å². The van der Waals surface area contributed by atoms with Crippen LogP contribution >= 0.6 is 0 Å². The zero-order chi connectivity index (χ0) is 16.7. The molecule has 0 bridgehead atoms. The second-order valence-corrected chi connectivity index (χ2v) is 5.72. The second kappa shape index (κ2) is 8.34. The third kappa shape index (κ3) is 5.11. The summed E-state index contributed by atoms with van der Waals surface area (Å²) in [5.41, 5.74) is 2.89. The van der Waals surface area contributed by atoms with Crippen molar-refractivity contribution >= 4 is 11.6 Å². The minimum absolute atomic E-state index is 0.0206. The van der Waals surface area contributed by atoms with Crippen LogP contribution in [0.2, 0.25) is 0 Å². The van der Waals surface area contributed by atoms with Crippen LogP contribution in [-0.2, 0) is 11.4 Å². The molecule has 122 valence electrons. The molecule has 0 aliphatic carbocycles. The minimum atomic E-state index is -0.108. The molecular formula is C19H24N2O2. The Balaban J connectivity index is 2.09. The predicted molar refractivity (Wildman–Crippen MR) is 93.7 cm³/mol. The number of amides is 1. The smallest absolute Gasteiger partial charge is 0.228 e. The van der Waals surface area contributed by atoms with Crippen LogP contribution in [0.1, 0.15) is 18.1 Å². The van der Waals surface area contributed by atoms with Gasteiger partial charge in [-0.3, -0.25) is 4.79 Å². The number of benzene rings is 2. The van der Waals surface area contributed by atoms with Gasteiger partial charge in [0.25, 0.3) is 0 Å². The Morgan fingerprint density at radius 3 is 2.61 bits per heavy atom. The first-order chi connectivity index (χ1) is 11.1. The molecule has 0 aliphatic heterocycles. The molecule has 4 nitrogen and oxygen atoms in total. The maximum Gasteiger partial charge on any atom is 0.228 e. The number of hydrogen-bond donors (Lipinski definition) is 2. The molecule has 2 rings (SSSR count). The lowest BCUT2D eigenvalue weighted by molar-refractivity contribution is -0.119. The van der Waals surface area contributed by atoms with Gasteiger partial charge in [-0.15, -0.1) is 0 Å². The van der Waals surface area contributed by atoms with Gasteiger partial charge >= 0.3 is 0 Å². The molecule has 2 aromatic rings. The molecule has 2 N–H and O–H groups in total. The summed E-state index contributed by atoms with van der Waals surface area (Å²) in [5.74, 6) is 0.565. The van der Waals surface area contributed by atoms with Crippen molar-refractivity contribution in [3.05, 3.63) is 59.7 Å². The SMILES string of the molecule is CNCC(C)C(=O)Nc1ccc(C)cc1OCc1ccccc1. The Morgan fingerprint density at radius 2 is 1.91 bits per heavy atom. The largest absolute Gasteiger partial charge is 0.487 e. The average Bonchev–Trinajstić information content (AvgIpc) is 2.56. The fraction of sp³-hybridized carbons (Fsp3) is 0.316. The van der Waals surface area contributed by atoms with Crippen molar-refractivity contribution in [1.29, 1.82) is 0 Å². The van der Waals surface area contributed by atoms with Crippen LogP contribution in [0.4, 0.5) is 5.69 Å². The van der Waals surface area contributed by atoms with Crippen molar-refractivity contribution in [2.75, 3.05) is 18.9 Å². The standard InChI is InChI=1S/C19H24N2O2/c1-14-9-10-17(21-19(22)15(2)12-20-3)18(11-14)23-13-16-7-5-4-6-8-16/h4-11,15,20H,12-13H2,1-3H3,(H,21,22). The summed E-state index contributed by atoms with van der Waals surface area (Å²) in [6.07, 6.45) is 0. The number of nitrogens with one attached hydrogen (secondary N) is 2. The maximum absolute atomic E-state index is 12.2. The highest BCUT2D eigenvalue weighted by Crippen LogP contribution is 2.27. The number of carbonyl (C=O) groups excluding carboxylic acids is 1. The molecule has 0 saturated carbocycles. The first-order valence-electron chi connectivity index (χ1n) is 7.83. The maximum atomic E-state index is 12.2. The Kier molecular flexibility index (Phi) is 6.18. The van der Waals surface area contributed by atoms with E-state index in [0.717, 1.165) is 11.1 Å². The first-order valence-corrected chi connectivity index (χ1v) is 7.83. The fourth-order valence-electron chi connectivity index (χ4n) is 2.24. The van der Waals surface area contributed by atoms with E-state index in [4.69, 9.17) is 4.74 Å². The van der Waals surface area contributed by atoms with E-state index in [1.165, 1.54) is 0 Å². The van der Waals surface area contributed by atoms with Gasteiger partial charge in [0.05, 0.1) is 5.69 Å². The first kappa shape index (κ1) is 17.0. The Bertz CT molecular complexity index is 641. The second-order valence-electron chi connectivity index (χ2n) is 5.72. The zero-order valence-electron chi connectivity index (χ0n) is 13.9. The van der Waals surface area contributed by atoms with Crippen molar-refractivity contribution < 1.29 is 9.53 Å². The van der Waals surface area contributed by atoms with Gasteiger partial charge in [0.15, 0.2) is 0 Å². The normalized spacial score (nSPS) is 11.8. The van der Waals surface area contributed by atoms with Gasteiger partial charge in [0.1, 0.15) is 12.4 Å². The van der Waals surface area contributed by atoms with E-state index in [-0.39, 0.29) is 11.8 Å². The van der Waals surface area contributed by atoms with E-state index >= 15 is 0 Å². The molecule has 1 atom stereocenters. The van der Waals surface area contributed by atoms with Gasteiger partial charge in [-0.1, -0.05) is 43.3 Å². The van der Waals surface area contributed by atoms with Crippen molar-refractivity contribution in [2.45, 2.75) is 20.5 Å². The highest BCUT2D eigenvalue weighted by molar-refractivity contribution is 5.93. The molecule has 4 heteroatoms. The molecule has 0 spiro atoms. The van der Waals surface area contributed by atoms with Gasteiger partial charge in [0.2, 0.25) is 5.91 Å². The fourth-order valence-corrected chi connectivity index (χ4v) is 2.24. The highest BCUT2D eigenvalue weighted by Gasteiger charge is 2.14. The molecule has 1 unspecified atom stereocenters. The summed E-state index contributed by atoms with van der Waals surface area (Å²) in [6.45, 7) is 5.01. The van der Waals surface area contributed by atoms with Crippen LogP contribution in [0.3, 0.4) is 0 Å². The van der Waals surface area contributed by atoms with Crippen molar-refractivity contribution in [3.8, 4) is 5.75 Å². The molecule has 0 aliphatic rings. The lowest BCUT2D eigenvalue weighted by atomic mass is 10.1. The summed E-state index contributed by atoms with van der Waals surface area (Å²) in [4.78, 5) is 12.2. The van der Waals surface area contributed by atoms with Crippen LogP contribution in [0.25, 0.3) is 0 Å². The third-order valence-electron chi connectivity index (χ3n) is 3.59. The Morgan fingerprint density at radius 1 is 1.17 bits per heavy atom. The molecule has 0 fully saturated rings. The van der Waals surface area contributed by atoms with Gasteiger partial charge in [-0.25, -0.2) is 0 Å². The molecular weight excluding hydrogens is 288 g/mol. The van der Waals surface area contributed by atoms with Crippen LogP contribution < -0.4 is 15.4 Å². The van der Waals surface area contributed by atoms with Crippen molar-refractivity contribution in [1.82, 2.24) is 5.32 Å². The summed E-state index contributed by atoms with van der Waals surface area (Å²) in [6, 6.07) is 15.8.